The molecular weight excluding hydrogens is 413 g/mol. The predicted octanol–water partition coefficient (Wildman–Crippen LogP) is 1.15. The van der Waals surface area contributed by atoms with Crippen molar-refractivity contribution in [1.29, 1.82) is 0 Å². The van der Waals surface area contributed by atoms with E-state index in [1.807, 2.05) is 0 Å². The van der Waals surface area contributed by atoms with Gasteiger partial charge < -0.3 is 20.7 Å². The molecule has 0 aliphatic carbocycles. The summed E-state index contributed by atoms with van der Waals surface area (Å²) in [5.41, 5.74) is 0.811. The largest absolute Gasteiger partial charge is 0.573 e. The molecule has 7 nitrogen and oxygen atoms in total. The molecule has 2 fully saturated rings. The lowest BCUT2D eigenvalue weighted by Crippen LogP contribution is -2.58. The van der Waals surface area contributed by atoms with Crippen LogP contribution in [0.15, 0.2) is 24.3 Å². The first kappa shape index (κ1) is 22.9. The van der Waals surface area contributed by atoms with Crippen molar-refractivity contribution in [2.75, 3.05) is 19.6 Å². The summed E-state index contributed by atoms with van der Waals surface area (Å²) < 4.78 is 40.6. The number of amides is 2. The highest BCUT2D eigenvalue weighted by atomic mass is 19.4. The minimum Gasteiger partial charge on any atom is -0.406 e. The molecule has 3 rings (SSSR count). The first-order valence-corrected chi connectivity index (χ1v) is 10.1. The third kappa shape index (κ3) is 6.60. The summed E-state index contributed by atoms with van der Waals surface area (Å²) in [5.74, 6) is 1.96. The van der Waals surface area contributed by atoms with E-state index in [9.17, 15) is 22.8 Å². The second-order valence-corrected chi connectivity index (χ2v) is 7.64. The first-order valence-electron chi connectivity index (χ1n) is 10.1. The van der Waals surface area contributed by atoms with Crippen molar-refractivity contribution in [1.82, 2.24) is 20.9 Å². The van der Waals surface area contributed by atoms with Crippen molar-refractivity contribution >= 4 is 11.8 Å². The van der Waals surface area contributed by atoms with Gasteiger partial charge in [0.05, 0.1) is 12.6 Å². The fraction of sp³-hybridized carbons (Fsp3) is 0.524. The summed E-state index contributed by atoms with van der Waals surface area (Å²) in [4.78, 5) is 26.2. The SMILES string of the molecule is C#CCNC(=O)CC[C@@H]1CNC(=O)[C@@H]2C[C@H](NCc3ccc(OC(F)(F)F)cc3)CN12. The van der Waals surface area contributed by atoms with Gasteiger partial charge in [0.2, 0.25) is 11.8 Å². The number of hydrogen-bond acceptors (Lipinski definition) is 5. The number of hydrogen-bond donors (Lipinski definition) is 3. The van der Waals surface area contributed by atoms with Crippen molar-refractivity contribution in [2.24, 2.45) is 0 Å². The molecule has 0 unspecified atom stereocenters. The molecule has 10 heteroatoms. The highest BCUT2D eigenvalue weighted by molar-refractivity contribution is 5.83. The number of alkyl halides is 3. The molecule has 0 spiro atoms. The Labute approximate surface area is 178 Å². The fourth-order valence-electron chi connectivity index (χ4n) is 4.00. The van der Waals surface area contributed by atoms with Gasteiger partial charge in [-0.3, -0.25) is 14.5 Å². The third-order valence-electron chi connectivity index (χ3n) is 5.47. The van der Waals surface area contributed by atoms with Gasteiger partial charge in [-0.1, -0.05) is 18.1 Å². The standard InChI is InChI=1S/C21H25F3N4O3/c1-2-9-25-19(29)8-5-16-12-27-20(30)18-10-15(13-28(16)18)26-11-14-3-6-17(7-4-14)31-21(22,23)24/h1,3-4,6-7,15-16,18,26H,5,8-13H2,(H,25,29)(H,27,30)/t15-,16+,18-/m0/s1. The molecule has 2 amide bonds. The average molecular weight is 438 g/mol. The molecule has 168 valence electrons. The van der Waals surface area contributed by atoms with Gasteiger partial charge in [-0.2, -0.15) is 0 Å². The Morgan fingerprint density at radius 1 is 1.32 bits per heavy atom. The molecule has 0 saturated carbocycles. The molecule has 3 atom stereocenters. The number of rotatable bonds is 8. The molecule has 0 radical (unpaired) electrons. The summed E-state index contributed by atoms with van der Waals surface area (Å²) in [6.45, 7) is 1.80. The Balaban J connectivity index is 1.50. The zero-order valence-electron chi connectivity index (χ0n) is 16.9. The van der Waals surface area contributed by atoms with Crippen LogP contribution in [0.25, 0.3) is 0 Å². The van der Waals surface area contributed by atoms with Gasteiger partial charge in [0, 0.05) is 38.1 Å². The smallest absolute Gasteiger partial charge is 0.406 e. The van der Waals surface area contributed by atoms with E-state index in [4.69, 9.17) is 6.42 Å². The zero-order chi connectivity index (χ0) is 22.4. The lowest BCUT2D eigenvalue weighted by molar-refractivity contribution is -0.274. The molecule has 2 saturated heterocycles. The number of benzene rings is 1. The number of carbonyl (C=O) groups excluding carboxylic acids is 2. The van der Waals surface area contributed by atoms with E-state index in [-0.39, 0.29) is 42.2 Å². The fourth-order valence-corrected chi connectivity index (χ4v) is 4.00. The molecule has 2 heterocycles. The Bertz CT molecular complexity index is 823. The van der Waals surface area contributed by atoms with Gasteiger partial charge in [0.1, 0.15) is 5.75 Å². The van der Waals surface area contributed by atoms with Crippen molar-refractivity contribution in [3.63, 3.8) is 0 Å². The molecule has 2 aliphatic rings. The monoisotopic (exact) mass is 438 g/mol. The number of terminal acetylenes is 1. The molecule has 1 aromatic carbocycles. The molecule has 1 aromatic rings. The molecule has 0 aromatic heterocycles. The maximum Gasteiger partial charge on any atom is 0.573 e. The van der Waals surface area contributed by atoms with Gasteiger partial charge in [-0.25, -0.2) is 0 Å². The maximum absolute atomic E-state index is 12.3. The van der Waals surface area contributed by atoms with Crippen LogP contribution in [0, 0.1) is 12.3 Å². The molecule has 3 N–H and O–H groups in total. The van der Waals surface area contributed by atoms with Gasteiger partial charge in [-0.05, 0) is 30.5 Å². The first-order chi connectivity index (χ1) is 14.7. The number of fused-ring (bicyclic) bond motifs is 1. The minimum atomic E-state index is -4.71. The Hall–Kier alpha value is -2.77. The Morgan fingerprint density at radius 3 is 2.74 bits per heavy atom. The minimum absolute atomic E-state index is 0.0222. The van der Waals surface area contributed by atoms with Gasteiger partial charge in [0.25, 0.3) is 0 Å². The van der Waals surface area contributed by atoms with E-state index in [2.05, 4.69) is 31.5 Å². The summed E-state index contributed by atoms with van der Waals surface area (Å²) in [7, 11) is 0. The number of halogens is 3. The van der Waals surface area contributed by atoms with Crippen LogP contribution in [-0.2, 0) is 16.1 Å². The van der Waals surface area contributed by atoms with E-state index >= 15 is 0 Å². The lowest BCUT2D eigenvalue weighted by atomic mass is 10.0. The normalized spacial score (nSPS) is 23.5. The van der Waals surface area contributed by atoms with Gasteiger partial charge >= 0.3 is 6.36 Å². The van der Waals surface area contributed by atoms with Crippen molar-refractivity contribution < 1.29 is 27.5 Å². The van der Waals surface area contributed by atoms with Crippen LogP contribution in [0.3, 0.4) is 0 Å². The number of nitrogens with one attached hydrogen (secondary N) is 3. The lowest BCUT2D eigenvalue weighted by Gasteiger charge is -2.37. The summed E-state index contributed by atoms with van der Waals surface area (Å²) in [6, 6.07) is 5.55. The second-order valence-electron chi connectivity index (χ2n) is 7.64. The average Bonchev–Trinajstić information content (AvgIpc) is 3.15. The van der Waals surface area contributed by atoms with Crippen molar-refractivity contribution in [3.05, 3.63) is 29.8 Å². The molecule has 0 bridgehead atoms. The molecular formula is C21H25F3N4O3. The summed E-state index contributed by atoms with van der Waals surface area (Å²) in [5, 5.41) is 8.92. The maximum atomic E-state index is 12.3. The second kappa shape index (κ2) is 10.0. The van der Waals surface area contributed by atoms with Gasteiger partial charge in [-0.15, -0.1) is 19.6 Å². The van der Waals surface area contributed by atoms with Crippen LogP contribution in [0.4, 0.5) is 13.2 Å². The quantitative estimate of drug-likeness (QED) is 0.531. The van der Waals surface area contributed by atoms with E-state index in [0.717, 1.165) is 5.56 Å². The predicted molar refractivity (Wildman–Crippen MR) is 107 cm³/mol. The summed E-state index contributed by atoms with van der Waals surface area (Å²) >= 11 is 0. The number of piperazine rings is 1. The third-order valence-corrected chi connectivity index (χ3v) is 5.47. The highest BCUT2D eigenvalue weighted by Gasteiger charge is 2.43. The van der Waals surface area contributed by atoms with E-state index in [1.54, 1.807) is 12.1 Å². The number of nitrogens with zero attached hydrogens (tertiary/aromatic N) is 1. The Morgan fingerprint density at radius 2 is 2.06 bits per heavy atom. The van der Waals surface area contributed by atoms with E-state index in [0.29, 0.717) is 38.9 Å². The van der Waals surface area contributed by atoms with Crippen molar-refractivity contribution in [2.45, 2.75) is 50.3 Å². The van der Waals surface area contributed by atoms with Crippen LogP contribution in [-0.4, -0.2) is 60.8 Å². The van der Waals surface area contributed by atoms with Crippen LogP contribution in [0.2, 0.25) is 0 Å². The topological polar surface area (TPSA) is 82.7 Å². The molecule has 31 heavy (non-hydrogen) atoms. The van der Waals surface area contributed by atoms with E-state index < -0.39 is 6.36 Å². The zero-order valence-corrected chi connectivity index (χ0v) is 16.9. The number of carbonyl (C=O) groups is 2. The Kier molecular flexibility index (Phi) is 7.41. The molecule has 2 aliphatic heterocycles. The summed E-state index contributed by atoms with van der Waals surface area (Å²) in [6.07, 6.45) is 1.99. The van der Waals surface area contributed by atoms with E-state index in [1.165, 1.54) is 12.1 Å². The highest BCUT2D eigenvalue weighted by Crippen LogP contribution is 2.26. The number of ether oxygens (including phenoxy) is 1. The van der Waals surface area contributed by atoms with Gasteiger partial charge in [0.15, 0.2) is 0 Å². The van der Waals surface area contributed by atoms with Crippen molar-refractivity contribution in [3.8, 4) is 18.1 Å². The van der Waals surface area contributed by atoms with Crippen LogP contribution in [0.1, 0.15) is 24.8 Å². The van der Waals surface area contributed by atoms with Crippen LogP contribution >= 0.6 is 0 Å². The van der Waals surface area contributed by atoms with Crippen LogP contribution in [0.5, 0.6) is 5.75 Å². The van der Waals surface area contributed by atoms with Crippen LogP contribution < -0.4 is 20.7 Å².